The fourth-order valence-corrected chi connectivity index (χ4v) is 4.83. The summed E-state index contributed by atoms with van der Waals surface area (Å²) in [5.74, 6) is -0.399. The molecule has 150 valence electrons. The fraction of sp³-hybridized carbons (Fsp3) is 0.0870. The number of nitrogens with zero attached hydrogens (tertiary/aromatic N) is 1. The molecule has 1 aromatic heterocycles. The number of carbonyl (C=O) groups is 1. The Morgan fingerprint density at radius 3 is 2.47 bits per heavy atom. The lowest BCUT2D eigenvalue weighted by molar-refractivity contribution is -0.132. The summed E-state index contributed by atoms with van der Waals surface area (Å²) in [6, 6.07) is 18.7. The van der Waals surface area contributed by atoms with Crippen LogP contribution in [0.2, 0.25) is 5.02 Å². The number of hydrogen-bond acceptors (Lipinski definition) is 2. The molecule has 0 bridgehead atoms. The third-order valence-electron chi connectivity index (χ3n) is 5.48. The van der Waals surface area contributed by atoms with Gasteiger partial charge >= 0.3 is 0 Å². The van der Waals surface area contributed by atoms with Gasteiger partial charge in [0.2, 0.25) is 0 Å². The molecule has 4 nitrogen and oxygen atoms in total. The number of aliphatic hydroxyl groups is 1. The molecular formula is C23H15Br2ClN2O2. The number of nitrogens with one attached hydrogen (secondary N) is 1. The number of anilines is 1. The first kappa shape index (κ1) is 19.8. The minimum atomic E-state index is -1.84. The predicted octanol–water partition coefficient (Wildman–Crippen LogP) is 6.13. The molecule has 2 N–H and O–H groups in total. The molecule has 30 heavy (non-hydrogen) atoms. The molecule has 1 aliphatic rings. The average molecular weight is 547 g/mol. The summed E-state index contributed by atoms with van der Waals surface area (Å²) in [6.07, 6.45) is 1.70. The van der Waals surface area contributed by atoms with E-state index in [1.807, 2.05) is 42.5 Å². The normalized spacial score (nSPS) is 18.3. The van der Waals surface area contributed by atoms with E-state index in [-0.39, 0.29) is 0 Å². The molecule has 7 heteroatoms. The molecule has 0 saturated carbocycles. The number of H-pyrrole nitrogens is 1. The second kappa shape index (κ2) is 7.24. The molecular weight excluding hydrogens is 532 g/mol. The maximum Gasteiger partial charge on any atom is 0.268 e. The number of amides is 1. The van der Waals surface area contributed by atoms with Crippen molar-refractivity contribution in [2.24, 2.45) is 0 Å². The maximum atomic E-state index is 13.7. The fourth-order valence-electron chi connectivity index (χ4n) is 4.04. The lowest BCUT2D eigenvalue weighted by Crippen LogP contribution is -2.40. The molecule has 2 heterocycles. The molecule has 0 fully saturated rings. The van der Waals surface area contributed by atoms with E-state index in [4.69, 9.17) is 11.6 Å². The van der Waals surface area contributed by atoms with Gasteiger partial charge in [-0.25, -0.2) is 0 Å². The Hall–Kier alpha value is -2.12. The van der Waals surface area contributed by atoms with Crippen molar-refractivity contribution in [3.05, 3.63) is 97.5 Å². The number of fused-ring (bicyclic) bond motifs is 2. The van der Waals surface area contributed by atoms with Crippen LogP contribution in [-0.4, -0.2) is 16.0 Å². The summed E-state index contributed by atoms with van der Waals surface area (Å²) in [7, 11) is 0. The van der Waals surface area contributed by atoms with Crippen molar-refractivity contribution < 1.29 is 9.90 Å². The van der Waals surface area contributed by atoms with Crippen LogP contribution in [-0.2, 0) is 16.9 Å². The van der Waals surface area contributed by atoms with Crippen molar-refractivity contribution in [3.63, 3.8) is 0 Å². The monoisotopic (exact) mass is 544 g/mol. The first-order chi connectivity index (χ1) is 14.4. The van der Waals surface area contributed by atoms with Gasteiger partial charge in [0.25, 0.3) is 5.91 Å². The van der Waals surface area contributed by atoms with Crippen LogP contribution in [0.5, 0.6) is 0 Å². The molecule has 0 radical (unpaired) electrons. The first-order valence-electron chi connectivity index (χ1n) is 9.24. The topological polar surface area (TPSA) is 56.3 Å². The summed E-state index contributed by atoms with van der Waals surface area (Å²) < 4.78 is 1.83. The van der Waals surface area contributed by atoms with Gasteiger partial charge in [0.05, 0.1) is 12.2 Å². The van der Waals surface area contributed by atoms with Gasteiger partial charge in [-0.3, -0.25) is 4.79 Å². The number of benzene rings is 3. The molecule has 5 rings (SSSR count). The Labute approximate surface area is 194 Å². The number of aromatic nitrogens is 1. The van der Waals surface area contributed by atoms with E-state index < -0.39 is 11.5 Å². The number of halogens is 3. The zero-order valence-corrected chi connectivity index (χ0v) is 19.4. The first-order valence-corrected chi connectivity index (χ1v) is 11.2. The van der Waals surface area contributed by atoms with Crippen LogP contribution in [0.3, 0.4) is 0 Å². The summed E-state index contributed by atoms with van der Waals surface area (Å²) in [5, 5.41) is 13.1. The van der Waals surface area contributed by atoms with Crippen molar-refractivity contribution in [1.82, 2.24) is 4.98 Å². The van der Waals surface area contributed by atoms with Crippen LogP contribution < -0.4 is 4.90 Å². The average Bonchev–Trinajstić information content (AvgIpc) is 3.23. The highest BCUT2D eigenvalue weighted by Gasteiger charge is 2.52. The van der Waals surface area contributed by atoms with Gasteiger partial charge in [-0.1, -0.05) is 55.6 Å². The predicted molar refractivity (Wildman–Crippen MR) is 126 cm³/mol. The third kappa shape index (κ3) is 3.02. The number of aromatic amines is 1. The molecule has 1 amide bonds. The number of rotatable bonds is 3. The Bertz CT molecular complexity index is 1300. The van der Waals surface area contributed by atoms with E-state index in [1.165, 1.54) is 0 Å². The molecule has 0 spiro atoms. The minimum Gasteiger partial charge on any atom is -0.372 e. The highest BCUT2D eigenvalue weighted by Crippen LogP contribution is 2.48. The minimum absolute atomic E-state index is 0.342. The SMILES string of the molecule is O=C1N(Cc2ccc(Br)cc2)c2ccc(Cl)cc2C1(O)c1c[nH]c2ccc(Br)cc12. The number of carbonyl (C=O) groups excluding carboxylic acids is 1. The second-order valence-corrected chi connectivity index (χ2v) is 9.55. The summed E-state index contributed by atoms with van der Waals surface area (Å²) in [4.78, 5) is 18.5. The second-order valence-electron chi connectivity index (χ2n) is 7.28. The van der Waals surface area contributed by atoms with Crippen molar-refractivity contribution in [2.45, 2.75) is 12.1 Å². The van der Waals surface area contributed by atoms with Gasteiger partial charge in [-0.15, -0.1) is 0 Å². The third-order valence-corrected chi connectivity index (χ3v) is 6.74. The highest BCUT2D eigenvalue weighted by atomic mass is 79.9. The molecule has 1 unspecified atom stereocenters. The van der Waals surface area contributed by atoms with Crippen molar-refractivity contribution in [1.29, 1.82) is 0 Å². The lowest BCUT2D eigenvalue weighted by atomic mass is 9.87. The van der Waals surface area contributed by atoms with E-state index in [1.54, 1.807) is 29.3 Å². The highest BCUT2D eigenvalue weighted by molar-refractivity contribution is 9.10. The lowest BCUT2D eigenvalue weighted by Gasteiger charge is -2.23. The van der Waals surface area contributed by atoms with Gasteiger partial charge in [0.15, 0.2) is 5.60 Å². The molecule has 1 aliphatic heterocycles. The van der Waals surface area contributed by atoms with Gasteiger partial charge in [0.1, 0.15) is 0 Å². The Morgan fingerprint density at radius 1 is 0.967 bits per heavy atom. The summed E-state index contributed by atoms with van der Waals surface area (Å²) in [5.41, 5.74) is 1.60. The van der Waals surface area contributed by atoms with Crippen LogP contribution in [0.15, 0.2) is 75.8 Å². The van der Waals surface area contributed by atoms with E-state index >= 15 is 0 Å². The Balaban J connectivity index is 1.69. The standard InChI is InChI=1S/C23H15Br2ClN2O2/c24-14-3-1-13(2-4-14)12-28-21-8-6-16(26)10-18(21)23(30,22(28)29)19-11-27-20-7-5-15(25)9-17(19)20/h1-11,27,30H,12H2. The molecule has 0 saturated heterocycles. The zero-order valence-electron chi connectivity index (χ0n) is 15.5. The van der Waals surface area contributed by atoms with Crippen LogP contribution in [0.25, 0.3) is 10.9 Å². The van der Waals surface area contributed by atoms with Crippen LogP contribution >= 0.6 is 43.5 Å². The van der Waals surface area contributed by atoms with E-state index in [0.29, 0.717) is 28.4 Å². The van der Waals surface area contributed by atoms with Gasteiger partial charge in [-0.2, -0.15) is 0 Å². The zero-order chi connectivity index (χ0) is 21.0. The van der Waals surface area contributed by atoms with E-state index in [2.05, 4.69) is 36.8 Å². The van der Waals surface area contributed by atoms with E-state index in [0.717, 1.165) is 25.4 Å². The summed E-state index contributed by atoms with van der Waals surface area (Å²) in [6.45, 7) is 0.342. The molecule has 1 atom stereocenters. The van der Waals surface area contributed by atoms with Crippen molar-refractivity contribution >= 4 is 66.0 Å². The largest absolute Gasteiger partial charge is 0.372 e. The Morgan fingerprint density at radius 2 is 1.70 bits per heavy atom. The van der Waals surface area contributed by atoms with Crippen molar-refractivity contribution in [2.75, 3.05) is 4.90 Å². The molecule has 4 aromatic rings. The van der Waals surface area contributed by atoms with Crippen LogP contribution in [0, 0.1) is 0 Å². The van der Waals surface area contributed by atoms with Gasteiger partial charge in [-0.05, 0) is 54.1 Å². The molecule has 0 aliphatic carbocycles. The summed E-state index contributed by atoms with van der Waals surface area (Å²) >= 11 is 13.2. The van der Waals surface area contributed by atoms with E-state index in [9.17, 15) is 9.90 Å². The Kier molecular flexibility index (Phi) is 4.78. The van der Waals surface area contributed by atoms with Crippen molar-refractivity contribution in [3.8, 4) is 0 Å². The quantitative estimate of drug-likeness (QED) is 0.325. The van der Waals surface area contributed by atoms with Gasteiger partial charge in [0, 0.05) is 42.2 Å². The number of hydrogen-bond donors (Lipinski definition) is 2. The smallest absolute Gasteiger partial charge is 0.268 e. The molecule has 3 aromatic carbocycles. The van der Waals surface area contributed by atoms with Crippen LogP contribution in [0.1, 0.15) is 16.7 Å². The van der Waals surface area contributed by atoms with Crippen LogP contribution in [0.4, 0.5) is 5.69 Å². The maximum absolute atomic E-state index is 13.7. The van der Waals surface area contributed by atoms with Gasteiger partial charge < -0.3 is 15.0 Å².